The van der Waals surface area contributed by atoms with Gasteiger partial charge in [0, 0.05) is 49.8 Å². The standard InChI is InChI=1S/C28H32N8O4S/c37-28(25-14-19(7-8-29-25)16-35-9-1-2-22(17-35)34-41(38)39)32-21-5-3-20(4-6-21)24-15-23-26(33-24)30-18-31-27(23)36-10-12-40-13-11-36/h3-8,14-15,18,22,34H,1-2,9-13,16-17H2,(H,32,37)(H,38,39)(H,30,31,33)/t22-/m1/s1. The predicted molar refractivity (Wildman–Crippen MR) is 157 cm³/mol. The number of carbonyl (C=O) groups is 1. The number of hydrogen-bond acceptors (Lipinski definition) is 8. The Bertz CT molecular complexity index is 1540. The second kappa shape index (κ2) is 12.4. The third-order valence-electron chi connectivity index (χ3n) is 7.41. The predicted octanol–water partition coefficient (Wildman–Crippen LogP) is 2.80. The molecule has 0 radical (unpaired) electrons. The van der Waals surface area contributed by atoms with Crippen molar-refractivity contribution in [3.8, 4) is 11.3 Å². The van der Waals surface area contributed by atoms with Gasteiger partial charge in [0.1, 0.15) is 23.5 Å². The van der Waals surface area contributed by atoms with E-state index in [0.717, 1.165) is 66.1 Å². The molecule has 1 aromatic carbocycles. The molecule has 3 aromatic heterocycles. The Morgan fingerprint density at radius 3 is 2.73 bits per heavy atom. The molecule has 12 nitrogen and oxygen atoms in total. The number of likely N-dealkylation sites (tertiary alicyclic amines) is 1. The van der Waals surface area contributed by atoms with E-state index in [1.807, 2.05) is 30.3 Å². The van der Waals surface area contributed by atoms with Crippen LogP contribution in [0, 0.1) is 0 Å². The zero-order valence-corrected chi connectivity index (χ0v) is 23.3. The quantitative estimate of drug-likeness (QED) is 0.232. The number of pyridine rings is 1. The largest absolute Gasteiger partial charge is 0.378 e. The number of hydrogen-bond donors (Lipinski definition) is 4. The number of H-pyrrole nitrogens is 1. The summed E-state index contributed by atoms with van der Waals surface area (Å²) in [5.41, 5.74) is 4.62. The van der Waals surface area contributed by atoms with E-state index < -0.39 is 11.3 Å². The average molecular weight is 577 g/mol. The maximum Gasteiger partial charge on any atom is 0.274 e. The van der Waals surface area contributed by atoms with Gasteiger partial charge in [0.05, 0.1) is 18.6 Å². The molecule has 2 aliphatic rings. The van der Waals surface area contributed by atoms with Crippen LogP contribution in [-0.2, 0) is 22.5 Å². The van der Waals surface area contributed by atoms with Crippen molar-refractivity contribution in [2.75, 3.05) is 49.6 Å². The van der Waals surface area contributed by atoms with Gasteiger partial charge in [0.2, 0.25) is 11.3 Å². The third-order valence-corrected chi connectivity index (χ3v) is 7.94. The number of piperidine rings is 1. The molecule has 2 fully saturated rings. The van der Waals surface area contributed by atoms with Crippen molar-refractivity contribution in [2.45, 2.75) is 25.4 Å². The van der Waals surface area contributed by atoms with E-state index in [9.17, 15) is 9.00 Å². The van der Waals surface area contributed by atoms with Crippen molar-refractivity contribution >= 4 is 39.7 Å². The van der Waals surface area contributed by atoms with Gasteiger partial charge < -0.3 is 19.9 Å². The summed E-state index contributed by atoms with van der Waals surface area (Å²) in [6.07, 6.45) is 5.01. The summed E-state index contributed by atoms with van der Waals surface area (Å²) >= 11 is -2.02. The van der Waals surface area contributed by atoms with Crippen LogP contribution < -0.4 is 14.9 Å². The fraction of sp³-hybridized carbons (Fsp3) is 0.357. The fourth-order valence-electron chi connectivity index (χ4n) is 5.43. The summed E-state index contributed by atoms with van der Waals surface area (Å²) in [4.78, 5) is 34.0. The number of benzene rings is 1. The number of nitrogens with zero attached hydrogens (tertiary/aromatic N) is 5. The molecule has 0 aliphatic carbocycles. The number of anilines is 2. The molecule has 0 saturated carbocycles. The van der Waals surface area contributed by atoms with Crippen LogP contribution in [0.25, 0.3) is 22.3 Å². The van der Waals surface area contributed by atoms with E-state index in [2.05, 4.69) is 45.8 Å². The molecule has 0 bridgehead atoms. The Hall–Kier alpha value is -3.75. The van der Waals surface area contributed by atoms with Crippen molar-refractivity contribution in [3.05, 3.63) is 66.2 Å². The number of carbonyl (C=O) groups excluding carboxylic acids is 1. The summed E-state index contributed by atoms with van der Waals surface area (Å²) in [6, 6.07) is 13.3. The maximum atomic E-state index is 13.0. The van der Waals surface area contributed by atoms with E-state index in [1.165, 1.54) is 0 Å². The first-order valence-electron chi connectivity index (χ1n) is 13.6. The minimum Gasteiger partial charge on any atom is -0.378 e. The van der Waals surface area contributed by atoms with E-state index in [4.69, 9.17) is 9.29 Å². The Balaban J connectivity index is 1.11. The molecule has 2 atom stereocenters. The summed E-state index contributed by atoms with van der Waals surface area (Å²) in [6.45, 7) is 5.15. The number of morpholine rings is 1. The average Bonchev–Trinajstić information content (AvgIpc) is 3.43. The highest BCUT2D eigenvalue weighted by atomic mass is 32.2. The summed E-state index contributed by atoms with van der Waals surface area (Å²) < 4.78 is 28.4. The van der Waals surface area contributed by atoms with Gasteiger partial charge in [-0.2, -0.15) is 0 Å². The number of ether oxygens (including phenoxy) is 1. The molecule has 214 valence electrons. The molecule has 4 aromatic rings. The highest BCUT2D eigenvalue weighted by Gasteiger charge is 2.22. The van der Waals surface area contributed by atoms with Crippen molar-refractivity contribution in [3.63, 3.8) is 0 Å². The lowest BCUT2D eigenvalue weighted by Crippen LogP contribution is -2.45. The van der Waals surface area contributed by atoms with E-state index in [0.29, 0.717) is 37.7 Å². The molecule has 0 spiro atoms. The Morgan fingerprint density at radius 2 is 1.93 bits per heavy atom. The molecular formula is C28H32N8O4S. The van der Waals surface area contributed by atoms with Gasteiger partial charge in [-0.3, -0.25) is 19.2 Å². The van der Waals surface area contributed by atoms with Crippen molar-refractivity contribution in [2.24, 2.45) is 0 Å². The zero-order chi connectivity index (χ0) is 28.2. The number of aromatic nitrogens is 4. The Kier molecular flexibility index (Phi) is 8.30. The van der Waals surface area contributed by atoms with Crippen LogP contribution in [0.3, 0.4) is 0 Å². The molecular weight excluding hydrogens is 544 g/mol. The first-order chi connectivity index (χ1) is 20.0. The van der Waals surface area contributed by atoms with E-state index in [1.54, 1.807) is 18.6 Å². The van der Waals surface area contributed by atoms with Gasteiger partial charge in [0.15, 0.2) is 0 Å². The molecule has 1 amide bonds. The first-order valence-corrected chi connectivity index (χ1v) is 14.7. The molecule has 6 rings (SSSR count). The van der Waals surface area contributed by atoms with Gasteiger partial charge in [-0.1, -0.05) is 12.1 Å². The van der Waals surface area contributed by atoms with Crippen LogP contribution in [0.1, 0.15) is 28.9 Å². The van der Waals surface area contributed by atoms with Gasteiger partial charge in [0.25, 0.3) is 5.91 Å². The molecule has 13 heteroatoms. The number of nitrogens with one attached hydrogen (secondary N) is 3. The number of aromatic amines is 1. The van der Waals surface area contributed by atoms with Crippen LogP contribution in [0.5, 0.6) is 0 Å². The number of fused-ring (bicyclic) bond motifs is 1. The molecule has 4 N–H and O–H groups in total. The number of amides is 1. The van der Waals surface area contributed by atoms with Gasteiger partial charge >= 0.3 is 0 Å². The summed E-state index contributed by atoms with van der Waals surface area (Å²) in [5.74, 6) is 0.613. The van der Waals surface area contributed by atoms with Crippen LogP contribution in [-0.4, -0.2) is 84.9 Å². The summed E-state index contributed by atoms with van der Waals surface area (Å²) in [7, 11) is 0. The van der Waals surface area contributed by atoms with Gasteiger partial charge in [-0.05, 0) is 60.8 Å². The molecule has 2 saturated heterocycles. The van der Waals surface area contributed by atoms with E-state index >= 15 is 0 Å². The normalized spacial score (nSPS) is 18.9. The van der Waals surface area contributed by atoms with Crippen molar-refractivity contribution < 1.29 is 18.3 Å². The second-order valence-electron chi connectivity index (χ2n) is 10.3. The monoisotopic (exact) mass is 576 g/mol. The van der Waals surface area contributed by atoms with Crippen molar-refractivity contribution in [1.29, 1.82) is 0 Å². The zero-order valence-electron chi connectivity index (χ0n) is 22.5. The molecule has 41 heavy (non-hydrogen) atoms. The third kappa shape index (κ3) is 6.60. The maximum absolute atomic E-state index is 13.0. The lowest BCUT2D eigenvalue weighted by Gasteiger charge is -2.32. The summed E-state index contributed by atoms with van der Waals surface area (Å²) in [5, 5.41) is 3.90. The highest BCUT2D eigenvalue weighted by Crippen LogP contribution is 2.29. The van der Waals surface area contributed by atoms with Gasteiger partial charge in [-0.15, -0.1) is 0 Å². The Labute approximate surface area is 240 Å². The number of rotatable bonds is 8. The molecule has 1 unspecified atom stereocenters. The van der Waals surface area contributed by atoms with Gasteiger partial charge in [-0.25, -0.2) is 18.9 Å². The fourth-order valence-corrected chi connectivity index (χ4v) is 5.91. The molecule has 2 aliphatic heterocycles. The lowest BCUT2D eigenvalue weighted by atomic mass is 10.1. The highest BCUT2D eigenvalue weighted by molar-refractivity contribution is 7.77. The second-order valence-corrected chi connectivity index (χ2v) is 11.0. The van der Waals surface area contributed by atoms with Crippen LogP contribution in [0.15, 0.2) is 55.0 Å². The van der Waals surface area contributed by atoms with E-state index in [-0.39, 0.29) is 11.9 Å². The van der Waals surface area contributed by atoms with Crippen LogP contribution in [0.2, 0.25) is 0 Å². The SMILES string of the molecule is O=C(Nc1ccc(-c2cc3c(N4CCOCC4)ncnc3[nH]2)cc1)c1cc(CN2CCC[C@@H](NS(=O)O)C2)ccn1. The smallest absolute Gasteiger partial charge is 0.274 e. The van der Waals surface area contributed by atoms with Crippen LogP contribution >= 0.6 is 0 Å². The van der Waals surface area contributed by atoms with Crippen molar-refractivity contribution in [1.82, 2.24) is 29.6 Å². The lowest BCUT2D eigenvalue weighted by molar-refractivity contribution is 0.102. The molecule has 5 heterocycles. The topological polar surface area (TPSA) is 149 Å². The minimum absolute atomic E-state index is 0.0359. The minimum atomic E-state index is -2.02. The van der Waals surface area contributed by atoms with Crippen LogP contribution in [0.4, 0.5) is 11.5 Å². The first kappa shape index (κ1) is 27.4. The Morgan fingerprint density at radius 1 is 1.10 bits per heavy atom.